The van der Waals surface area contributed by atoms with E-state index in [0.717, 1.165) is 0 Å². The number of carboxylic acid groups (broad SMARTS) is 1. The van der Waals surface area contributed by atoms with Gasteiger partial charge in [-0.15, -0.1) is 0 Å². The molecule has 0 aromatic rings. The van der Waals surface area contributed by atoms with Crippen LogP contribution in [-0.4, -0.2) is 23.1 Å². The highest BCUT2D eigenvalue weighted by atomic mass is 16.5. The van der Waals surface area contributed by atoms with Crippen LogP contribution in [0.25, 0.3) is 0 Å². The summed E-state index contributed by atoms with van der Waals surface area (Å²) in [6.45, 7) is 10.3. The summed E-state index contributed by atoms with van der Waals surface area (Å²) in [6.07, 6.45) is -0.0685. The van der Waals surface area contributed by atoms with Gasteiger partial charge >= 0.3 is 11.9 Å². The second kappa shape index (κ2) is 4.85. The molecule has 0 fully saturated rings. The van der Waals surface area contributed by atoms with Gasteiger partial charge in [-0.3, -0.25) is 9.59 Å². The van der Waals surface area contributed by atoms with Gasteiger partial charge in [0.25, 0.3) is 0 Å². The lowest BCUT2D eigenvalue weighted by atomic mass is 9.66. The molecule has 0 atom stereocenters. The van der Waals surface area contributed by atoms with Gasteiger partial charge in [0.15, 0.2) is 0 Å². The van der Waals surface area contributed by atoms with Gasteiger partial charge in [-0.05, 0) is 33.1 Å². The SMILES string of the molecule is CC(C)OC(=O)CC(C)(C)C(C)(C)C(=O)O. The molecule has 0 bridgehead atoms. The van der Waals surface area contributed by atoms with Gasteiger partial charge in [0, 0.05) is 0 Å². The maximum Gasteiger partial charge on any atom is 0.309 e. The predicted octanol–water partition coefficient (Wildman–Crippen LogP) is 2.47. The van der Waals surface area contributed by atoms with Crippen molar-refractivity contribution in [2.45, 2.75) is 54.1 Å². The van der Waals surface area contributed by atoms with E-state index < -0.39 is 16.8 Å². The maximum absolute atomic E-state index is 11.5. The van der Waals surface area contributed by atoms with Gasteiger partial charge in [0.2, 0.25) is 0 Å². The van der Waals surface area contributed by atoms with Gasteiger partial charge in [0.05, 0.1) is 17.9 Å². The van der Waals surface area contributed by atoms with E-state index in [2.05, 4.69) is 0 Å². The van der Waals surface area contributed by atoms with E-state index in [4.69, 9.17) is 9.84 Å². The highest BCUT2D eigenvalue weighted by Gasteiger charge is 2.44. The molecule has 0 spiro atoms. The minimum Gasteiger partial charge on any atom is -0.481 e. The first-order chi connectivity index (χ1) is 7.00. The molecule has 0 amide bonds. The van der Waals surface area contributed by atoms with E-state index in [9.17, 15) is 9.59 Å². The highest BCUT2D eigenvalue weighted by Crippen LogP contribution is 2.41. The minimum atomic E-state index is -0.969. The van der Waals surface area contributed by atoms with Crippen LogP contribution >= 0.6 is 0 Å². The fourth-order valence-corrected chi connectivity index (χ4v) is 1.18. The van der Waals surface area contributed by atoms with Crippen LogP contribution < -0.4 is 0 Å². The first kappa shape index (κ1) is 14.9. The third kappa shape index (κ3) is 3.51. The van der Waals surface area contributed by atoms with Crippen LogP contribution in [0, 0.1) is 10.8 Å². The Morgan fingerprint density at radius 3 is 1.94 bits per heavy atom. The summed E-state index contributed by atoms with van der Waals surface area (Å²) in [5.41, 5.74) is -1.62. The number of rotatable bonds is 5. The van der Waals surface area contributed by atoms with Gasteiger partial charge in [-0.2, -0.15) is 0 Å². The molecule has 0 heterocycles. The first-order valence-electron chi connectivity index (χ1n) is 5.43. The monoisotopic (exact) mass is 230 g/mol. The fraction of sp³-hybridized carbons (Fsp3) is 0.833. The molecule has 0 aromatic heterocycles. The Morgan fingerprint density at radius 1 is 1.19 bits per heavy atom. The number of hydrogen-bond acceptors (Lipinski definition) is 3. The number of esters is 1. The Hall–Kier alpha value is -1.06. The van der Waals surface area contributed by atoms with E-state index in [0.29, 0.717) is 0 Å². The van der Waals surface area contributed by atoms with E-state index in [-0.39, 0.29) is 18.5 Å². The summed E-state index contributed by atoms with van der Waals surface area (Å²) >= 11 is 0. The zero-order chi connectivity index (χ0) is 13.1. The Labute approximate surface area is 97.0 Å². The molecular formula is C12H22O4. The van der Waals surface area contributed by atoms with Crippen molar-refractivity contribution in [1.29, 1.82) is 0 Å². The second-order valence-electron chi connectivity index (χ2n) is 5.53. The number of carbonyl (C=O) groups is 2. The smallest absolute Gasteiger partial charge is 0.309 e. The molecule has 0 rings (SSSR count). The molecule has 0 aromatic carbocycles. The van der Waals surface area contributed by atoms with E-state index in [1.165, 1.54) is 0 Å². The van der Waals surface area contributed by atoms with Crippen molar-refractivity contribution < 1.29 is 19.4 Å². The van der Waals surface area contributed by atoms with Gasteiger partial charge in [-0.25, -0.2) is 0 Å². The van der Waals surface area contributed by atoms with Gasteiger partial charge in [-0.1, -0.05) is 13.8 Å². The zero-order valence-electron chi connectivity index (χ0n) is 11.0. The molecule has 0 saturated carbocycles. The molecule has 0 saturated heterocycles. The van der Waals surface area contributed by atoms with Gasteiger partial charge < -0.3 is 9.84 Å². The standard InChI is InChI=1S/C12H22O4/c1-8(2)16-9(13)7-11(3,4)12(5,6)10(14)15/h8H,7H2,1-6H3,(H,14,15). The lowest BCUT2D eigenvalue weighted by Crippen LogP contribution is -2.41. The summed E-state index contributed by atoms with van der Waals surface area (Å²) < 4.78 is 5.03. The molecule has 16 heavy (non-hydrogen) atoms. The second-order valence-corrected chi connectivity index (χ2v) is 5.53. The number of carboxylic acids is 1. The molecule has 4 nitrogen and oxygen atoms in total. The molecule has 94 valence electrons. The van der Waals surface area contributed by atoms with Crippen molar-refractivity contribution in [3.05, 3.63) is 0 Å². The van der Waals surface area contributed by atoms with Crippen LogP contribution in [0.4, 0.5) is 0 Å². The number of carbonyl (C=O) groups excluding carboxylic acids is 1. The van der Waals surface area contributed by atoms with E-state index in [1.807, 2.05) is 0 Å². The Morgan fingerprint density at radius 2 is 1.62 bits per heavy atom. The lowest BCUT2D eigenvalue weighted by molar-refractivity contribution is -0.159. The maximum atomic E-state index is 11.5. The van der Waals surface area contributed by atoms with Crippen LogP contribution in [0.15, 0.2) is 0 Å². The number of aliphatic carboxylic acids is 1. The average Bonchev–Trinajstić information content (AvgIpc) is 1.99. The molecular weight excluding hydrogens is 208 g/mol. The minimum absolute atomic E-state index is 0.102. The summed E-state index contributed by atoms with van der Waals surface area (Å²) in [6, 6.07) is 0. The van der Waals surface area contributed by atoms with Crippen LogP contribution in [0.3, 0.4) is 0 Å². The van der Waals surface area contributed by atoms with Crippen LogP contribution in [0.1, 0.15) is 48.0 Å². The Bertz CT molecular complexity index is 277. The summed E-state index contributed by atoms with van der Waals surface area (Å²) in [5, 5.41) is 9.12. The van der Waals surface area contributed by atoms with Crippen molar-refractivity contribution in [2.24, 2.45) is 10.8 Å². The fourth-order valence-electron chi connectivity index (χ4n) is 1.18. The summed E-state index contributed by atoms with van der Waals surface area (Å²) in [4.78, 5) is 22.6. The number of ether oxygens (including phenoxy) is 1. The molecule has 0 radical (unpaired) electrons. The molecule has 0 aliphatic carbocycles. The normalized spacial score (nSPS) is 12.7. The third-order valence-corrected chi connectivity index (χ3v) is 3.18. The van der Waals surface area contributed by atoms with Crippen molar-refractivity contribution in [3.63, 3.8) is 0 Å². The Balaban J connectivity index is 4.69. The summed E-state index contributed by atoms with van der Waals surface area (Å²) in [7, 11) is 0. The molecule has 0 unspecified atom stereocenters. The lowest BCUT2D eigenvalue weighted by Gasteiger charge is -2.37. The highest BCUT2D eigenvalue weighted by molar-refractivity contribution is 5.77. The van der Waals surface area contributed by atoms with Crippen molar-refractivity contribution in [3.8, 4) is 0 Å². The van der Waals surface area contributed by atoms with Crippen LogP contribution in [0.2, 0.25) is 0 Å². The van der Waals surface area contributed by atoms with E-state index in [1.54, 1.807) is 41.5 Å². The van der Waals surface area contributed by atoms with Crippen molar-refractivity contribution in [1.82, 2.24) is 0 Å². The summed E-state index contributed by atoms with van der Waals surface area (Å²) in [5.74, 6) is -1.26. The zero-order valence-corrected chi connectivity index (χ0v) is 11.0. The first-order valence-corrected chi connectivity index (χ1v) is 5.43. The van der Waals surface area contributed by atoms with E-state index >= 15 is 0 Å². The van der Waals surface area contributed by atoms with Crippen LogP contribution in [-0.2, 0) is 14.3 Å². The molecule has 1 N–H and O–H groups in total. The topological polar surface area (TPSA) is 63.6 Å². The third-order valence-electron chi connectivity index (χ3n) is 3.18. The molecule has 0 aliphatic rings. The quantitative estimate of drug-likeness (QED) is 0.737. The van der Waals surface area contributed by atoms with Crippen molar-refractivity contribution in [2.75, 3.05) is 0 Å². The van der Waals surface area contributed by atoms with Crippen molar-refractivity contribution >= 4 is 11.9 Å². The largest absolute Gasteiger partial charge is 0.481 e. The molecule has 4 heteroatoms. The predicted molar refractivity (Wildman–Crippen MR) is 61.0 cm³/mol. The average molecular weight is 230 g/mol. The molecule has 0 aliphatic heterocycles. The number of hydrogen-bond donors (Lipinski definition) is 1. The van der Waals surface area contributed by atoms with Gasteiger partial charge in [0.1, 0.15) is 0 Å². The Kier molecular flexibility index (Phi) is 4.53. The van der Waals surface area contributed by atoms with Crippen LogP contribution in [0.5, 0.6) is 0 Å².